The van der Waals surface area contributed by atoms with E-state index >= 15 is 0 Å². The van der Waals surface area contributed by atoms with Gasteiger partial charge in [-0.15, -0.1) is 0 Å². The zero-order valence-electron chi connectivity index (χ0n) is 9.71. The van der Waals surface area contributed by atoms with Crippen molar-refractivity contribution in [1.29, 1.82) is 0 Å². The summed E-state index contributed by atoms with van der Waals surface area (Å²) in [7, 11) is 0. The summed E-state index contributed by atoms with van der Waals surface area (Å²) in [6.07, 6.45) is 2.25. The van der Waals surface area contributed by atoms with Crippen molar-refractivity contribution < 1.29 is 4.74 Å². The summed E-state index contributed by atoms with van der Waals surface area (Å²) in [5, 5.41) is 2.58. The minimum atomic E-state index is 1.06. The molecule has 1 aromatic heterocycles. The number of aryl methyl sites for hydroxylation is 1. The summed E-state index contributed by atoms with van der Waals surface area (Å²) in [5.41, 5.74) is 3.69. The highest BCUT2D eigenvalue weighted by molar-refractivity contribution is 6.11. The third-order valence-corrected chi connectivity index (χ3v) is 3.47. The molecule has 0 aliphatic carbocycles. The Hall–Kier alpha value is -1.96. The highest BCUT2D eigenvalue weighted by Crippen LogP contribution is 2.54. The molecule has 0 saturated heterocycles. The molecule has 17 heavy (non-hydrogen) atoms. The molecule has 2 heterocycles. The number of benzene rings is 2. The minimum absolute atomic E-state index is 1.06. The number of fused-ring (bicyclic) bond motifs is 5. The summed E-state index contributed by atoms with van der Waals surface area (Å²) in [6.45, 7) is 2.20. The molecule has 2 nitrogen and oxygen atoms in total. The second-order valence-electron chi connectivity index (χ2n) is 4.64. The molecule has 2 aromatic carbocycles. The highest BCUT2D eigenvalue weighted by Gasteiger charge is 2.29. The number of H-pyrrole nitrogens is 1. The van der Waals surface area contributed by atoms with Crippen LogP contribution in [0.3, 0.4) is 0 Å². The number of para-hydroxylation sites is 1. The van der Waals surface area contributed by atoms with Crippen molar-refractivity contribution in [3.8, 4) is 11.5 Å². The molecule has 84 valence electrons. The van der Waals surface area contributed by atoms with E-state index in [0.717, 1.165) is 29.9 Å². The van der Waals surface area contributed by atoms with Crippen molar-refractivity contribution in [2.75, 3.05) is 0 Å². The Kier molecular flexibility index (Phi) is 1.63. The summed E-state index contributed by atoms with van der Waals surface area (Å²) >= 11 is 0. The molecule has 0 spiro atoms. The Bertz CT molecular complexity index is 739. The monoisotopic (exact) mass is 223 g/mol. The number of aromatic nitrogens is 1. The van der Waals surface area contributed by atoms with Crippen LogP contribution in [0, 0.1) is 0 Å². The predicted octanol–water partition coefficient (Wildman–Crippen LogP) is 4.38. The first-order chi connectivity index (χ1) is 8.38. The SMILES string of the molecule is CCCc1cc2c([nH]c3ccccc32)c2c1O2. The van der Waals surface area contributed by atoms with Gasteiger partial charge >= 0.3 is 0 Å². The third kappa shape index (κ3) is 1.15. The van der Waals surface area contributed by atoms with Crippen molar-refractivity contribution in [2.45, 2.75) is 19.8 Å². The average Bonchev–Trinajstić information content (AvgIpc) is 3.07. The second-order valence-corrected chi connectivity index (χ2v) is 4.64. The Labute approximate surface area is 99.2 Å². The summed E-state index contributed by atoms with van der Waals surface area (Å²) in [5.74, 6) is 2.16. The van der Waals surface area contributed by atoms with Gasteiger partial charge in [-0.1, -0.05) is 31.5 Å². The van der Waals surface area contributed by atoms with Gasteiger partial charge in [0, 0.05) is 16.3 Å². The molecular formula is C15H13NO. The summed E-state index contributed by atoms with van der Waals surface area (Å²) < 4.78 is 5.63. The number of hydrogen-bond acceptors (Lipinski definition) is 1. The fourth-order valence-corrected chi connectivity index (χ4v) is 2.64. The lowest BCUT2D eigenvalue weighted by molar-refractivity contribution is 0.645. The molecule has 2 heteroatoms. The molecule has 4 rings (SSSR count). The molecule has 1 N–H and O–H groups in total. The fraction of sp³-hybridized carbons (Fsp3) is 0.200. The van der Waals surface area contributed by atoms with Crippen LogP contribution in [0.1, 0.15) is 18.9 Å². The zero-order chi connectivity index (χ0) is 11.4. The number of nitrogens with one attached hydrogen (secondary N) is 1. The van der Waals surface area contributed by atoms with E-state index in [-0.39, 0.29) is 0 Å². The summed E-state index contributed by atoms with van der Waals surface area (Å²) in [4.78, 5) is 3.44. The number of aromatic amines is 1. The van der Waals surface area contributed by atoms with Gasteiger partial charge in [0.1, 0.15) is 0 Å². The van der Waals surface area contributed by atoms with E-state index in [9.17, 15) is 0 Å². The first-order valence-corrected chi connectivity index (χ1v) is 6.12. The summed E-state index contributed by atoms with van der Waals surface area (Å²) in [6, 6.07) is 10.7. The quantitative estimate of drug-likeness (QED) is 0.502. The van der Waals surface area contributed by atoms with Crippen LogP contribution in [0.15, 0.2) is 30.3 Å². The second kappa shape index (κ2) is 3.04. The number of hydrogen-bond donors (Lipinski definition) is 1. The lowest BCUT2D eigenvalue weighted by Crippen LogP contribution is -1.78. The molecule has 1 aliphatic heterocycles. The maximum Gasteiger partial charge on any atom is 0.194 e. The highest BCUT2D eigenvalue weighted by atomic mass is 16.6. The molecule has 0 saturated carbocycles. The largest absolute Gasteiger partial charge is 0.447 e. The van der Waals surface area contributed by atoms with E-state index < -0.39 is 0 Å². The molecule has 1 aliphatic rings. The van der Waals surface area contributed by atoms with Gasteiger partial charge in [0.15, 0.2) is 11.5 Å². The maximum atomic E-state index is 5.63. The van der Waals surface area contributed by atoms with Gasteiger partial charge in [-0.2, -0.15) is 0 Å². The lowest BCUT2D eigenvalue weighted by Gasteiger charge is -1.94. The molecule has 0 unspecified atom stereocenters. The Morgan fingerprint density at radius 3 is 2.88 bits per heavy atom. The van der Waals surface area contributed by atoms with Crippen molar-refractivity contribution in [3.63, 3.8) is 0 Å². The Morgan fingerprint density at radius 1 is 1.12 bits per heavy atom. The van der Waals surface area contributed by atoms with E-state index in [1.165, 1.54) is 21.9 Å². The first-order valence-electron chi connectivity index (χ1n) is 6.12. The molecule has 0 bridgehead atoms. The van der Waals surface area contributed by atoms with Crippen molar-refractivity contribution in [3.05, 3.63) is 35.9 Å². The zero-order valence-corrected chi connectivity index (χ0v) is 9.71. The number of rotatable bonds is 2. The average molecular weight is 223 g/mol. The Balaban J connectivity index is 2.11. The van der Waals surface area contributed by atoms with E-state index in [2.05, 4.69) is 42.2 Å². The lowest BCUT2D eigenvalue weighted by atomic mass is 10.1. The van der Waals surface area contributed by atoms with Crippen LogP contribution in [0.4, 0.5) is 0 Å². The van der Waals surface area contributed by atoms with E-state index in [1.807, 2.05) is 0 Å². The molecular weight excluding hydrogens is 210 g/mol. The van der Waals surface area contributed by atoms with Crippen molar-refractivity contribution in [2.24, 2.45) is 0 Å². The predicted molar refractivity (Wildman–Crippen MR) is 69.9 cm³/mol. The van der Waals surface area contributed by atoms with Crippen molar-refractivity contribution in [1.82, 2.24) is 4.98 Å². The fourth-order valence-electron chi connectivity index (χ4n) is 2.64. The Morgan fingerprint density at radius 2 is 2.00 bits per heavy atom. The molecule has 3 aromatic rings. The smallest absolute Gasteiger partial charge is 0.194 e. The molecule has 0 atom stereocenters. The van der Waals surface area contributed by atoms with Gasteiger partial charge in [-0.25, -0.2) is 0 Å². The van der Waals surface area contributed by atoms with Gasteiger partial charge in [0.2, 0.25) is 0 Å². The van der Waals surface area contributed by atoms with E-state index in [4.69, 9.17) is 4.74 Å². The topological polar surface area (TPSA) is 28.3 Å². The molecule has 0 amide bonds. The van der Waals surface area contributed by atoms with Gasteiger partial charge in [0.05, 0.1) is 5.52 Å². The normalized spacial score (nSPS) is 12.8. The van der Waals surface area contributed by atoms with Crippen LogP contribution in [-0.2, 0) is 6.42 Å². The first kappa shape index (κ1) is 9.11. The van der Waals surface area contributed by atoms with Gasteiger partial charge in [-0.3, -0.25) is 0 Å². The van der Waals surface area contributed by atoms with E-state index in [1.54, 1.807) is 0 Å². The van der Waals surface area contributed by atoms with Gasteiger partial charge in [0.25, 0.3) is 0 Å². The van der Waals surface area contributed by atoms with Crippen LogP contribution in [0.5, 0.6) is 11.5 Å². The third-order valence-electron chi connectivity index (χ3n) is 3.47. The van der Waals surface area contributed by atoms with Gasteiger partial charge in [-0.05, 0) is 24.1 Å². The van der Waals surface area contributed by atoms with Crippen molar-refractivity contribution >= 4 is 21.8 Å². The maximum absolute atomic E-state index is 5.63. The van der Waals surface area contributed by atoms with Crippen LogP contribution < -0.4 is 4.74 Å². The standard InChI is InChI=1S/C15H13NO/c1-2-5-9-8-11-10-6-3-4-7-12(10)16-13(11)15-14(9)17-15/h3-4,6-8,16H,2,5H2,1H3. The van der Waals surface area contributed by atoms with Crippen LogP contribution in [0.2, 0.25) is 0 Å². The van der Waals surface area contributed by atoms with Crippen LogP contribution in [-0.4, -0.2) is 4.98 Å². The number of ether oxygens (including phenoxy) is 1. The van der Waals surface area contributed by atoms with E-state index in [0.29, 0.717) is 0 Å². The molecule has 0 fully saturated rings. The minimum Gasteiger partial charge on any atom is -0.447 e. The molecule has 0 radical (unpaired) electrons. The van der Waals surface area contributed by atoms with Crippen LogP contribution in [0.25, 0.3) is 21.8 Å². The van der Waals surface area contributed by atoms with Crippen LogP contribution >= 0.6 is 0 Å². The van der Waals surface area contributed by atoms with Gasteiger partial charge < -0.3 is 9.72 Å².